The highest BCUT2D eigenvalue weighted by Gasteiger charge is 2.06. The summed E-state index contributed by atoms with van der Waals surface area (Å²) in [6.07, 6.45) is 3.88. The average Bonchev–Trinajstić information content (AvgIpc) is 2.41. The Morgan fingerprint density at radius 3 is 2.47 bits per heavy atom. The highest BCUT2D eigenvalue weighted by molar-refractivity contribution is 7.99. The molecule has 0 radical (unpaired) electrons. The molecule has 3 nitrogen and oxygen atoms in total. The Morgan fingerprint density at radius 1 is 1.21 bits per heavy atom. The van der Waals surface area contributed by atoms with Crippen molar-refractivity contribution in [1.82, 2.24) is 9.97 Å². The predicted octanol–water partition coefficient (Wildman–Crippen LogP) is 3.29. The van der Waals surface area contributed by atoms with E-state index in [1.54, 1.807) is 12.4 Å². The lowest BCUT2D eigenvalue weighted by molar-refractivity contribution is 0.0989. The van der Waals surface area contributed by atoms with Gasteiger partial charge in [-0.15, -0.1) is 0 Å². The van der Waals surface area contributed by atoms with Crippen LogP contribution < -0.4 is 0 Å². The van der Waals surface area contributed by atoms with E-state index >= 15 is 0 Å². The molecule has 0 saturated carbocycles. The highest BCUT2D eigenvalue weighted by atomic mass is 32.2. The van der Waals surface area contributed by atoms with E-state index in [1.165, 1.54) is 36.0 Å². The van der Waals surface area contributed by atoms with Crippen molar-refractivity contribution < 1.29 is 9.18 Å². The van der Waals surface area contributed by atoms with E-state index in [4.69, 9.17) is 0 Å². The summed E-state index contributed by atoms with van der Waals surface area (Å²) in [5, 5.41) is 0.664. The van der Waals surface area contributed by atoms with Crippen LogP contribution in [0.5, 0.6) is 0 Å². The zero-order chi connectivity index (χ0) is 13.7. The second-order valence-corrected chi connectivity index (χ2v) is 5.13. The molecule has 0 saturated heterocycles. The lowest BCUT2D eigenvalue weighted by Crippen LogP contribution is -2.01. The topological polar surface area (TPSA) is 42.9 Å². The van der Waals surface area contributed by atoms with E-state index in [-0.39, 0.29) is 11.6 Å². The molecule has 2 aromatic rings. The summed E-state index contributed by atoms with van der Waals surface area (Å²) in [5.74, 6) is 0.276. The van der Waals surface area contributed by atoms with Gasteiger partial charge in [0.2, 0.25) is 0 Å². The number of hydrogen-bond acceptors (Lipinski definition) is 4. The number of aromatic nitrogens is 2. The van der Waals surface area contributed by atoms with E-state index in [2.05, 4.69) is 9.97 Å². The Bertz CT molecular complexity index is 555. The molecule has 1 heterocycles. The van der Waals surface area contributed by atoms with Gasteiger partial charge in [0.25, 0.3) is 0 Å². The number of carbonyl (C=O) groups is 1. The quantitative estimate of drug-likeness (QED) is 0.477. The third kappa shape index (κ3) is 4.13. The van der Waals surface area contributed by atoms with Crippen LogP contribution in [0.3, 0.4) is 0 Å². The fraction of sp³-hybridized carbons (Fsp3) is 0.214. The van der Waals surface area contributed by atoms with Crippen molar-refractivity contribution in [2.24, 2.45) is 0 Å². The summed E-state index contributed by atoms with van der Waals surface area (Å²) in [6.45, 7) is 1.92. The number of carbonyl (C=O) groups excluding carboxylic acids is 1. The van der Waals surface area contributed by atoms with Gasteiger partial charge < -0.3 is 0 Å². The Labute approximate surface area is 115 Å². The minimum Gasteiger partial charge on any atom is -0.294 e. The third-order valence-corrected chi connectivity index (χ3v) is 3.36. The SMILES string of the molecule is Cc1cnc(SCCC(=O)c2ccc(F)cc2)nc1. The second-order valence-electron chi connectivity index (χ2n) is 4.07. The lowest BCUT2D eigenvalue weighted by Gasteiger charge is -2.01. The number of benzene rings is 1. The smallest absolute Gasteiger partial charge is 0.187 e. The van der Waals surface area contributed by atoms with Crippen LogP contribution >= 0.6 is 11.8 Å². The number of halogens is 1. The zero-order valence-electron chi connectivity index (χ0n) is 10.5. The number of hydrogen-bond donors (Lipinski definition) is 0. The van der Waals surface area contributed by atoms with Crippen LogP contribution in [0.4, 0.5) is 4.39 Å². The normalized spacial score (nSPS) is 10.4. The molecule has 0 unspecified atom stereocenters. The Hall–Kier alpha value is -1.75. The predicted molar refractivity (Wildman–Crippen MR) is 72.8 cm³/mol. The number of nitrogens with zero attached hydrogens (tertiary/aromatic N) is 2. The van der Waals surface area contributed by atoms with Gasteiger partial charge in [0.05, 0.1) is 0 Å². The maximum atomic E-state index is 12.7. The molecule has 1 aromatic heterocycles. The van der Waals surface area contributed by atoms with Crippen LogP contribution in [0.2, 0.25) is 0 Å². The average molecular weight is 276 g/mol. The van der Waals surface area contributed by atoms with E-state index in [0.717, 1.165) is 5.56 Å². The van der Waals surface area contributed by atoms with Crippen LogP contribution in [-0.4, -0.2) is 21.5 Å². The number of Topliss-reactive ketones (excluding diaryl/α,β-unsaturated/α-hetero) is 1. The van der Waals surface area contributed by atoms with Crippen molar-refractivity contribution in [2.45, 2.75) is 18.5 Å². The van der Waals surface area contributed by atoms with E-state index in [1.807, 2.05) is 6.92 Å². The summed E-state index contributed by atoms with van der Waals surface area (Å²) < 4.78 is 12.7. The molecule has 19 heavy (non-hydrogen) atoms. The van der Waals surface area contributed by atoms with Crippen molar-refractivity contribution in [3.63, 3.8) is 0 Å². The molecule has 0 fully saturated rings. The first-order chi connectivity index (χ1) is 9.15. The number of rotatable bonds is 5. The molecular formula is C14H13FN2OS. The van der Waals surface area contributed by atoms with Gasteiger partial charge in [-0.3, -0.25) is 4.79 Å². The van der Waals surface area contributed by atoms with Crippen molar-refractivity contribution >= 4 is 17.5 Å². The van der Waals surface area contributed by atoms with Crippen LogP contribution in [0.1, 0.15) is 22.3 Å². The number of ketones is 1. The Kier molecular flexibility index (Phi) is 4.63. The van der Waals surface area contributed by atoms with Gasteiger partial charge in [0.1, 0.15) is 5.82 Å². The van der Waals surface area contributed by atoms with Crippen molar-refractivity contribution in [1.29, 1.82) is 0 Å². The van der Waals surface area contributed by atoms with Gasteiger partial charge in [0, 0.05) is 30.1 Å². The maximum Gasteiger partial charge on any atom is 0.187 e. The van der Waals surface area contributed by atoms with Gasteiger partial charge in [-0.2, -0.15) is 0 Å². The summed E-state index contributed by atoms with van der Waals surface area (Å²) in [5.41, 5.74) is 1.54. The Balaban J connectivity index is 1.84. The Morgan fingerprint density at radius 2 is 1.84 bits per heavy atom. The van der Waals surface area contributed by atoms with Gasteiger partial charge >= 0.3 is 0 Å². The summed E-state index contributed by atoms with van der Waals surface area (Å²) >= 11 is 1.44. The van der Waals surface area contributed by atoms with Gasteiger partial charge in [-0.1, -0.05) is 11.8 Å². The molecule has 2 rings (SSSR count). The molecule has 98 valence electrons. The van der Waals surface area contributed by atoms with Crippen molar-refractivity contribution in [3.8, 4) is 0 Å². The zero-order valence-corrected chi connectivity index (χ0v) is 11.3. The molecule has 0 amide bonds. The monoisotopic (exact) mass is 276 g/mol. The standard InChI is InChI=1S/C14H13FN2OS/c1-10-8-16-14(17-9-10)19-7-6-13(18)11-2-4-12(15)5-3-11/h2-5,8-9H,6-7H2,1H3. The molecule has 0 spiro atoms. The van der Waals surface area contributed by atoms with E-state index in [9.17, 15) is 9.18 Å². The molecule has 0 aliphatic rings. The van der Waals surface area contributed by atoms with E-state index < -0.39 is 0 Å². The summed E-state index contributed by atoms with van der Waals surface area (Å²) in [4.78, 5) is 20.1. The van der Waals surface area contributed by atoms with Crippen molar-refractivity contribution in [2.75, 3.05) is 5.75 Å². The van der Waals surface area contributed by atoms with Crippen LogP contribution in [0.15, 0.2) is 41.8 Å². The molecule has 0 aliphatic heterocycles. The first-order valence-electron chi connectivity index (χ1n) is 5.85. The molecule has 0 aliphatic carbocycles. The molecule has 0 bridgehead atoms. The molecular weight excluding hydrogens is 263 g/mol. The van der Waals surface area contributed by atoms with Crippen LogP contribution in [0, 0.1) is 12.7 Å². The first-order valence-corrected chi connectivity index (χ1v) is 6.84. The minimum absolute atomic E-state index is 0.000360. The number of thioether (sulfide) groups is 1. The number of aryl methyl sites for hydroxylation is 1. The second kappa shape index (κ2) is 6.43. The largest absolute Gasteiger partial charge is 0.294 e. The first kappa shape index (κ1) is 13.7. The fourth-order valence-corrected chi connectivity index (χ4v) is 2.19. The summed E-state index contributed by atoms with van der Waals surface area (Å²) in [7, 11) is 0. The van der Waals surface area contributed by atoms with Gasteiger partial charge in [-0.25, -0.2) is 14.4 Å². The molecule has 5 heteroatoms. The molecule has 0 atom stereocenters. The third-order valence-electron chi connectivity index (χ3n) is 2.48. The minimum atomic E-state index is -0.334. The summed E-state index contributed by atoms with van der Waals surface area (Å²) in [6, 6.07) is 5.60. The molecule has 1 aromatic carbocycles. The fourth-order valence-electron chi connectivity index (χ4n) is 1.47. The van der Waals surface area contributed by atoms with Gasteiger partial charge in [0.15, 0.2) is 10.9 Å². The van der Waals surface area contributed by atoms with E-state index in [0.29, 0.717) is 22.9 Å². The van der Waals surface area contributed by atoms with Crippen LogP contribution in [0.25, 0.3) is 0 Å². The maximum absolute atomic E-state index is 12.7. The molecule has 0 N–H and O–H groups in total. The lowest BCUT2D eigenvalue weighted by atomic mass is 10.1. The van der Waals surface area contributed by atoms with Crippen LogP contribution in [-0.2, 0) is 0 Å². The highest BCUT2D eigenvalue weighted by Crippen LogP contribution is 2.15. The van der Waals surface area contributed by atoms with Crippen molar-refractivity contribution in [3.05, 3.63) is 53.6 Å². The van der Waals surface area contributed by atoms with Gasteiger partial charge in [-0.05, 0) is 36.8 Å².